The quantitative estimate of drug-likeness (QED) is 0.161. The molecule has 3 amide bonds. The number of urea groups is 1. The number of ether oxygens (including phenoxy) is 2. The Labute approximate surface area is 283 Å². The average molecular weight is 677 g/mol. The summed E-state index contributed by atoms with van der Waals surface area (Å²) in [6.45, 7) is 5.03. The van der Waals surface area contributed by atoms with Crippen LogP contribution in [-0.2, 0) is 12.7 Å². The number of benzene rings is 4. The minimum atomic E-state index is -4.49. The molecule has 0 saturated carbocycles. The fourth-order valence-corrected chi connectivity index (χ4v) is 5.53. The molecule has 1 aliphatic rings. The van der Waals surface area contributed by atoms with Crippen LogP contribution in [0.25, 0.3) is 0 Å². The summed E-state index contributed by atoms with van der Waals surface area (Å²) in [6, 6.07) is 25.0. The number of nitrogens with one attached hydrogen (secondary N) is 2. The fourth-order valence-electron chi connectivity index (χ4n) is 5.53. The van der Waals surface area contributed by atoms with E-state index in [1.807, 2.05) is 68.6 Å². The highest BCUT2D eigenvalue weighted by Gasteiger charge is 2.34. The van der Waals surface area contributed by atoms with Crippen molar-refractivity contribution < 1.29 is 37.3 Å². The van der Waals surface area contributed by atoms with Gasteiger partial charge >= 0.3 is 12.2 Å². The third-order valence-corrected chi connectivity index (χ3v) is 8.24. The molecule has 1 heterocycles. The third-order valence-electron chi connectivity index (χ3n) is 8.24. The van der Waals surface area contributed by atoms with Crippen molar-refractivity contribution in [3.8, 4) is 17.2 Å². The van der Waals surface area contributed by atoms with Crippen molar-refractivity contribution in [1.82, 2.24) is 9.80 Å². The topological polar surface area (TPSA) is 103 Å². The lowest BCUT2D eigenvalue weighted by molar-refractivity contribution is -0.137. The van der Waals surface area contributed by atoms with Crippen LogP contribution in [0.1, 0.15) is 35.3 Å². The molecule has 9 nitrogen and oxygen atoms in total. The minimum absolute atomic E-state index is 0.0949. The first-order chi connectivity index (χ1) is 23.4. The van der Waals surface area contributed by atoms with Crippen LogP contribution in [0, 0.1) is 5.92 Å². The maximum atomic E-state index is 13.8. The Kier molecular flexibility index (Phi) is 11.1. The van der Waals surface area contributed by atoms with Gasteiger partial charge in [-0.2, -0.15) is 13.2 Å². The number of carbonyl (C=O) groups excluding carboxylic acids is 2. The van der Waals surface area contributed by atoms with Crippen LogP contribution in [0.5, 0.6) is 17.2 Å². The molecule has 4 aromatic rings. The number of hydrogen-bond acceptors (Lipinski definition) is 6. The van der Waals surface area contributed by atoms with E-state index >= 15 is 0 Å². The minimum Gasteiger partial charge on any atom is -0.488 e. The second kappa shape index (κ2) is 15.4. The molecule has 0 aromatic heterocycles. The first kappa shape index (κ1) is 35.2. The highest BCUT2D eigenvalue weighted by Crippen LogP contribution is 2.32. The number of nitrogens with zero attached hydrogens (tertiary/aromatic N) is 2. The van der Waals surface area contributed by atoms with E-state index in [0.717, 1.165) is 41.3 Å². The van der Waals surface area contributed by atoms with E-state index in [1.165, 1.54) is 6.07 Å². The smallest absolute Gasteiger partial charge is 0.416 e. The van der Waals surface area contributed by atoms with Crippen molar-refractivity contribution >= 4 is 23.3 Å². The number of aliphatic hydroxyl groups is 1. The Balaban J connectivity index is 1.28. The van der Waals surface area contributed by atoms with Gasteiger partial charge in [0, 0.05) is 36.9 Å². The maximum absolute atomic E-state index is 13.8. The second-order valence-corrected chi connectivity index (χ2v) is 12.2. The highest BCUT2D eigenvalue weighted by atomic mass is 19.4. The van der Waals surface area contributed by atoms with Gasteiger partial charge in [-0.05, 0) is 86.3 Å². The summed E-state index contributed by atoms with van der Waals surface area (Å²) in [5, 5.41) is 15.1. The molecular weight excluding hydrogens is 637 g/mol. The Morgan fingerprint density at radius 3 is 2.27 bits per heavy atom. The van der Waals surface area contributed by atoms with Gasteiger partial charge in [0.1, 0.15) is 23.4 Å². The van der Waals surface area contributed by atoms with Crippen LogP contribution in [0.3, 0.4) is 0 Å². The summed E-state index contributed by atoms with van der Waals surface area (Å²) in [5.74, 6) is 1.37. The number of rotatable bonds is 10. The molecule has 1 aliphatic heterocycles. The molecule has 12 heteroatoms. The van der Waals surface area contributed by atoms with Crippen molar-refractivity contribution in [2.24, 2.45) is 5.92 Å². The summed E-state index contributed by atoms with van der Waals surface area (Å²) in [6.07, 6.45) is -4.82. The summed E-state index contributed by atoms with van der Waals surface area (Å²) >= 11 is 0. The monoisotopic (exact) mass is 676 g/mol. The first-order valence-corrected chi connectivity index (χ1v) is 15.9. The van der Waals surface area contributed by atoms with Crippen LogP contribution in [0.15, 0.2) is 97.1 Å². The van der Waals surface area contributed by atoms with Crippen molar-refractivity contribution in [2.75, 3.05) is 37.4 Å². The predicted molar refractivity (Wildman–Crippen MR) is 181 cm³/mol. The van der Waals surface area contributed by atoms with Gasteiger partial charge in [-0.1, -0.05) is 37.3 Å². The average Bonchev–Trinajstić information content (AvgIpc) is 3.07. The third kappa shape index (κ3) is 9.30. The number of fused-ring (bicyclic) bond motifs is 1. The molecular formula is C37H39F3N4O5. The summed E-state index contributed by atoms with van der Waals surface area (Å²) < 4.78 is 51.1. The number of para-hydroxylation sites is 1. The molecule has 0 unspecified atom stereocenters. The molecule has 4 aromatic carbocycles. The van der Waals surface area contributed by atoms with Crippen molar-refractivity contribution in [1.29, 1.82) is 0 Å². The van der Waals surface area contributed by atoms with Gasteiger partial charge in [-0.3, -0.25) is 9.69 Å². The Hall–Kier alpha value is -5.07. The number of anilines is 2. The lowest BCUT2D eigenvalue weighted by Gasteiger charge is -2.38. The van der Waals surface area contributed by atoms with E-state index in [4.69, 9.17) is 9.47 Å². The van der Waals surface area contributed by atoms with E-state index in [-0.39, 0.29) is 41.5 Å². The SMILES string of the molecule is C[C@@H]1CN([C@H](C)CO)C(=O)c2cc(NC(=O)Nc3ccc(C(F)(F)F)cc3)ccc2O[C@H]1CN(C)Cc1ccc(Oc2ccccc2)cc1. The van der Waals surface area contributed by atoms with E-state index in [0.29, 0.717) is 25.4 Å². The van der Waals surface area contributed by atoms with Crippen LogP contribution < -0.4 is 20.1 Å². The number of likely N-dealkylation sites (N-methyl/N-ethyl adjacent to an activating group) is 1. The number of hydrogen-bond donors (Lipinski definition) is 3. The van der Waals surface area contributed by atoms with E-state index in [1.54, 1.807) is 24.0 Å². The second-order valence-electron chi connectivity index (χ2n) is 12.2. The number of carbonyl (C=O) groups is 2. The van der Waals surface area contributed by atoms with Crippen molar-refractivity contribution in [2.45, 2.75) is 38.7 Å². The Morgan fingerprint density at radius 1 is 0.980 bits per heavy atom. The molecule has 258 valence electrons. The molecule has 5 rings (SSSR count). The van der Waals surface area contributed by atoms with Gasteiger partial charge in [0.15, 0.2) is 0 Å². The number of aliphatic hydroxyl groups excluding tert-OH is 1. The van der Waals surface area contributed by atoms with Gasteiger partial charge in [0.05, 0.1) is 23.8 Å². The lowest BCUT2D eigenvalue weighted by atomic mass is 9.99. The van der Waals surface area contributed by atoms with Gasteiger partial charge in [0.2, 0.25) is 0 Å². The van der Waals surface area contributed by atoms with Crippen LogP contribution in [0.4, 0.5) is 29.3 Å². The molecule has 3 atom stereocenters. The summed E-state index contributed by atoms with van der Waals surface area (Å²) in [4.78, 5) is 30.2. The molecule has 0 aliphatic carbocycles. The molecule has 3 N–H and O–H groups in total. The zero-order chi connectivity index (χ0) is 35.1. The predicted octanol–water partition coefficient (Wildman–Crippen LogP) is 7.49. The van der Waals surface area contributed by atoms with E-state index in [9.17, 15) is 27.9 Å². The van der Waals surface area contributed by atoms with Gasteiger partial charge < -0.3 is 30.1 Å². The molecule has 0 fully saturated rings. The van der Waals surface area contributed by atoms with Gasteiger partial charge in [0.25, 0.3) is 5.91 Å². The number of amides is 3. The maximum Gasteiger partial charge on any atom is 0.416 e. The zero-order valence-corrected chi connectivity index (χ0v) is 27.4. The largest absolute Gasteiger partial charge is 0.488 e. The normalized spacial score (nSPS) is 17.0. The number of halogens is 3. The van der Waals surface area contributed by atoms with Crippen molar-refractivity contribution in [3.05, 3.63) is 114 Å². The highest BCUT2D eigenvalue weighted by molar-refractivity contribution is 6.02. The summed E-state index contributed by atoms with van der Waals surface area (Å²) in [7, 11) is 1.99. The van der Waals surface area contributed by atoms with E-state index < -0.39 is 23.8 Å². The molecule has 0 saturated heterocycles. The Bertz CT molecular complexity index is 1720. The fraction of sp³-hybridized carbons (Fsp3) is 0.297. The molecule has 0 spiro atoms. The first-order valence-electron chi connectivity index (χ1n) is 15.9. The van der Waals surface area contributed by atoms with Crippen LogP contribution in [-0.4, -0.2) is 65.7 Å². The Morgan fingerprint density at radius 2 is 1.61 bits per heavy atom. The van der Waals surface area contributed by atoms with Crippen LogP contribution in [0.2, 0.25) is 0 Å². The van der Waals surface area contributed by atoms with Crippen LogP contribution >= 0.6 is 0 Å². The van der Waals surface area contributed by atoms with Gasteiger partial charge in [-0.25, -0.2) is 4.79 Å². The van der Waals surface area contributed by atoms with E-state index in [2.05, 4.69) is 15.5 Å². The molecule has 49 heavy (non-hydrogen) atoms. The molecule has 0 radical (unpaired) electrons. The zero-order valence-electron chi connectivity index (χ0n) is 27.4. The standard InChI is InChI=1S/C37H39F3N4O5/c1-24-20-44(25(2)23-45)35(46)32-19-29(42-36(47)41-28-13-11-27(12-14-28)37(38,39)40)15-18-33(32)49-34(24)22-43(3)21-26-9-16-31(17-10-26)48-30-7-5-4-6-8-30/h4-19,24-25,34,45H,20-23H2,1-3H3,(H2,41,42,47)/t24-,25-,34+/m1/s1. The van der Waals surface area contributed by atoms with Crippen molar-refractivity contribution in [3.63, 3.8) is 0 Å². The van der Waals surface area contributed by atoms with Gasteiger partial charge in [-0.15, -0.1) is 0 Å². The number of alkyl halides is 3. The molecule has 0 bridgehead atoms. The summed E-state index contributed by atoms with van der Waals surface area (Å²) in [5.41, 5.74) is 0.900. The lowest BCUT2D eigenvalue weighted by Crippen LogP contribution is -2.49.